The number of aldehydes is 1. The Morgan fingerprint density at radius 1 is 1.17 bits per heavy atom. The van der Waals surface area contributed by atoms with Gasteiger partial charge in [0, 0.05) is 5.69 Å². The SMILES string of the molecule is Cc1ccc(Nc2nc(N)nc(N)c2C=O)cc1. The summed E-state index contributed by atoms with van der Waals surface area (Å²) in [7, 11) is 0. The van der Waals surface area contributed by atoms with Crippen LogP contribution in [0.2, 0.25) is 0 Å². The Morgan fingerprint density at radius 2 is 1.83 bits per heavy atom. The van der Waals surface area contributed by atoms with Crippen molar-refractivity contribution in [3.63, 3.8) is 0 Å². The van der Waals surface area contributed by atoms with Crippen LogP contribution in [0.15, 0.2) is 24.3 Å². The molecule has 0 unspecified atom stereocenters. The minimum absolute atomic E-state index is 0.0210. The summed E-state index contributed by atoms with van der Waals surface area (Å²) >= 11 is 0. The number of nitrogen functional groups attached to an aromatic ring is 2. The first-order valence-electron chi connectivity index (χ1n) is 5.32. The molecule has 0 amide bonds. The molecule has 0 atom stereocenters. The highest BCUT2D eigenvalue weighted by molar-refractivity contribution is 5.90. The summed E-state index contributed by atoms with van der Waals surface area (Å²) in [6.45, 7) is 1.99. The van der Waals surface area contributed by atoms with Gasteiger partial charge >= 0.3 is 0 Å². The molecule has 2 aromatic rings. The van der Waals surface area contributed by atoms with E-state index in [1.165, 1.54) is 0 Å². The number of benzene rings is 1. The Morgan fingerprint density at radius 3 is 2.44 bits per heavy atom. The summed E-state index contributed by atoms with van der Waals surface area (Å²) < 4.78 is 0. The molecule has 0 saturated carbocycles. The van der Waals surface area contributed by atoms with Gasteiger partial charge in [-0.15, -0.1) is 0 Å². The lowest BCUT2D eigenvalue weighted by molar-refractivity contribution is 0.112. The second-order valence-corrected chi connectivity index (χ2v) is 3.84. The van der Waals surface area contributed by atoms with E-state index in [-0.39, 0.29) is 17.3 Å². The molecule has 0 saturated heterocycles. The molecule has 2 rings (SSSR count). The summed E-state index contributed by atoms with van der Waals surface area (Å²) in [6.07, 6.45) is 0.602. The van der Waals surface area contributed by atoms with Gasteiger partial charge in [-0.1, -0.05) is 17.7 Å². The van der Waals surface area contributed by atoms with Crippen molar-refractivity contribution in [2.45, 2.75) is 6.92 Å². The van der Waals surface area contributed by atoms with Gasteiger partial charge in [-0.05, 0) is 19.1 Å². The van der Waals surface area contributed by atoms with Crippen LogP contribution in [0.1, 0.15) is 15.9 Å². The first-order valence-corrected chi connectivity index (χ1v) is 5.32. The highest BCUT2D eigenvalue weighted by Crippen LogP contribution is 2.22. The van der Waals surface area contributed by atoms with Crippen LogP contribution >= 0.6 is 0 Å². The quantitative estimate of drug-likeness (QED) is 0.705. The summed E-state index contributed by atoms with van der Waals surface area (Å²) in [5.41, 5.74) is 13.2. The van der Waals surface area contributed by atoms with Crippen molar-refractivity contribution in [2.24, 2.45) is 0 Å². The van der Waals surface area contributed by atoms with Gasteiger partial charge in [0.15, 0.2) is 6.29 Å². The van der Waals surface area contributed by atoms with Crippen LogP contribution < -0.4 is 16.8 Å². The van der Waals surface area contributed by atoms with E-state index in [1.54, 1.807) is 0 Å². The molecule has 0 aliphatic rings. The predicted molar refractivity (Wildman–Crippen MR) is 70.7 cm³/mol. The lowest BCUT2D eigenvalue weighted by Crippen LogP contribution is -2.08. The fourth-order valence-corrected chi connectivity index (χ4v) is 1.49. The third kappa shape index (κ3) is 2.37. The van der Waals surface area contributed by atoms with E-state index in [1.807, 2.05) is 31.2 Å². The Kier molecular flexibility index (Phi) is 3.09. The largest absolute Gasteiger partial charge is 0.383 e. The van der Waals surface area contributed by atoms with Crippen molar-refractivity contribution in [1.29, 1.82) is 0 Å². The summed E-state index contributed by atoms with van der Waals surface area (Å²) in [5.74, 6) is 0.388. The third-order valence-corrected chi connectivity index (χ3v) is 2.42. The zero-order valence-corrected chi connectivity index (χ0v) is 9.84. The van der Waals surface area contributed by atoms with E-state index in [4.69, 9.17) is 11.5 Å². The molecule has 1 aromatic carbocycles. The third-order valence-electron chi connectivity index (χ3n) is 2.42. The Hall–Kier alpha value is -2.63. The molecule has 0 spiro atoms. The number of carbonyl (C=O) groups excluding carboxylic acids is 1. The molecule has 0 radical (unpaired) electrons. The normalized spacial score (nSPS) is 10.1. The average molecular weight is 243 g/mol. The summed E-state index contributed by atoms with van der Waals surface area (Å²) in [4.78, 5) is 18.7. The topological polar surface area (TPSA) is 107 Å². The Balaban J connectivity index is 2.39. The summed E-state index contributed by atoms with van der Waals surface area (Å²) in [5, 5.41) is 2.99. The first kappa shape index (κ1) is 11.8. The minimum Gasteiger partial charge on any atom is -0.383 e. The number of hydrogen-bond donors (Lipinski definition) is 3. The molecular formula is C12H13N5O. The molecule has 5 N–H and O–H groups in total. The Bertz CT molecular complexity index is 580. The smallest absolute Gasteiger partial charge is 0.223 e. The molecule has 0 aliphatic heterocycles. The highest BCUT2D eigenvalue weighted by atomic mass is 16.1. The molecule has 6 heteroatoms. The molecule has 92 valence electrons. The molecule has 0 fully saturated rings. The molecule has 1 aromatic heterocycles. The van der Waals surface area contributed by atoms with E-state index in [9.17, 15) is 4.79 Å². The fraction of sp³-hybridized carbons (Fsp3) is 0.0833. The lowest BCUT2D eigenvalue weighted by Gasteiger charge is -2.10. The van der Waals surface area contributed by atoms with Gasteiger partial charge in [-0.25, -0.2) is 0 Å². The maximum Gasteiger partial charge on any atom is 0.223 e. The van der Waals surface area contributed by atoms with Crippen molar-refractivity contribution in [1.82, 2.24) is 9.97 Å². The molecule has 1 heterocycles. The van der Waals surface area contributed by atoms with E-state index >= 15 is 0 Å². The number of aromatic nitrogens is 2. The average Bonchev–Trinajstić information content (AvgIpc) is 2.32. The van der Waals surface area contributed by atoms with Crippen LogP contribution in [-0.2, 0) is 0 Å². The Labute approximate surface area is 104 Å². The van der Waals surface area contributed by atoms with Gasteiger partial charge in [0.1, 0.15) is 11.6 Å². The van der Waals surface area contributed by atoms with Crippen molar-refractivity contribution in [3.05, 3.63) is 35.4 Å². The van der Waals surface area contributed by atoms with Crippen molar-refractivity contribution in [3.8, 4) is 0 Å². The lowest BCUT2D eigenvalue weighted by atomic mass is 10.2. The number of nitrogens with one attached hydrogen (secondary N) is 1. The number of hydrogen-bond acceptors (Lipinski definition) is 6. The van der Waals surface area contributed by atoms with Crippen LogP contribution in [0, 0.1) is 6.92 Å². The number of anilines is 4. The maximum atomic E-state index is 11.0. The van der Waals surface area contributed by atoms with E-state index in [0.29, 0.717) is 12.1 Å². The predicted octanol–water partition coefficient (Wildman–Crippen LogP) is 1.51. The van der Waals surface area contributed by atoms with Crippen LogP contribution in [0.5, 0.6) is 0 Å². The van der Waals surface area contributed by atoms with Crippen molar-refractivity contribution < 1.29 is 4.79 Å². The van der Waals surface area contributed by atoms with Crippen LogP contribution in [0.4, 0.5) is 23.3 Å². The number of nitrogens with two attached hydrogens (primary N) is 2. The monoisotopic (exact) mass is 243 g/mol. The first-order chi connectivity index (χ1) is 8.60. The second kappa shape index (κ2) is 4.70. The van der Waals surface area contributed by atoms with Crippen molar-refractivity contribution >= 4 is 29.6 Å². The van der Waals surface area contributed by atoms with Gasteiger partial charge in [-0.2, -0.15) is 9.97 Å². The zero-order chi connectivity index (χ0) is 13.1. The van der Waals surface area contributed by atoms with E-state index in [2.05, 4.69) is 15.3 Å². The number of nitrogens with zero attached hydrogens (tertiary/aromatic N) is 2. The van der Waals surface area contributed by atoms with E-state index < -0.39 is 0 Å². The number of rotatable bonds is 3. The standard InChI is InChI=1S/C12H13N5O/c1-7-2-4-8(5-3-7)15-11-9(6-18)10(13)16-12(14)17-11/h2-6H,1H3,(H5,13,14,15,16,17). The van der Waals surface area contributed by atoms with E-state index in [0.717, 1.165) is 11.3 Å². The van der Waals surface area contributed by atoms with Crippen molar-refractivity contribution in [2.75, 3.05) is 16.8 Å². The molecule has 18 heavy (non-hydrogen) atoms. The van der Waals surface area contributed by atoms with Gasteiger partial charge in [0.25, 0.3) is 0 Å². The molecular weight excluding hydrogens is 230 g/mol. The number of aryl methyl sites for hydroxylation is 1. The minimum atomic E-state index is 0.0210. The van der Waals surface area contributed by atoms with Crippen LogP contribution in [0.3, 0.4) is 0 Å². The second-order valence-electron chi connectivity index (χ2n) is 3.84. The fourth-order valence-electron chi connectivity index (χ4n) is 1.49. The summed E-state index contributed by atoms with van der Waals surface area (Å²) in [6, 6.07) is 7.63. The van der Waals surface area contributed by atoms with Crippen LogP contribution in [0.25, 0.3) is 0 Å². The number of carbonyl (C=O) groups is 1. The van der Waals surface area contributed by atoms with Gasteiger partial charge in [-0.3, -0.25) is 4.79 Å². The highest BCUT2D eigenvalue weighted by Gasteiger charge is 2.10. The van der Waals surface area contributed by atoms with Gasteiger partial charge in [0.05, 0.1) is 5.56 Å². The van der Waals surface area contributed by atoms with Crippen LogP contribution in [-0.4, -0.2) is 16.3 Å². The zero-order valence-electron chi connectivity index (χ0n) is 9.84. The van der Waals surface area contributed by atoms with Gasteiger partial charge < -0.3 is 16.8 Å². The van der Waals surface area contributed by atoms with Gasteiger partial charge in [0.2, 0.25) is 5.95 Å². The maximum absolute atomic E-state index is 11.0. The molecule has 0 bridgehead atoms. The molecule has 6 nitrogen and oxygen atoms in total. The molecule has 0 aliphatic carbocycles.